The number of carbonyl (C=O) groups is 1. The largest absolute Gasteiger partial charge is 0.328 e. The molecule has 4 saturated carbocycles. The molecule has 130 valence electrons. The Bertz CT molecular complexity index is 502. The lowest BCUT2D eigenvalue weighted by molar-refractivity contribution is -0.134. The molecule has 0 aromatic heterocycles. The summed E-state index contributed by atoms with van der Waals surface area (Å²) in [5.74, 6) is 4.26. The van der Waals surface area contributed by atoms with Gasteiger partial charge in [-0.1, -0.05) is 13.8 Å². The smallest absolute Gasteiger partial charge is 0.133 e. The Morgan fingerprint density at radius 1 is 0.913 bits per heavy atom. The minimum Gasteiger partial charge on any atom is -0.328 e. The molecule has 23 heavy (non-hydrogen) atoms. The van der Waals surface area contributed by atoms with Crippen LogP contribution in [-0.2, 0) is 4.79 Å². The average Bonchev–Trinajstić information content (AvgIpc) is 2.85. The molecule has 4 rings (SSSR count). The highest BCUT2D eigenvalue weighted by Gasteiger charge is 2.60. The predicted molar refractivity (Wildman–Crippen MR) is 93.9 cm³/mol. The van der Waals surface area contributed by atoms with Gasteiger partial charge in [0.2, 0.25) is 0 Å². The van der Waals surface area contributed by atoms with Crippen LogP contribution < -0.4 is 5.73 Å². The fourth-order valence-corrected chi connectivity index (χ4v) is 7.96. The van der Waals surface area contributed by atoms with Crippen molar-refractivity contribution in [3.8, 4) is 0 Å². The van der Waals surface area contributed by atoms with Gasteiger partial charge in [0, 0.05) is 12.0 Å². The van der Waals surface area contributed by atoms with Crippen LogP contribution >= 0.6 is 0 Å². The molecule has 0 spiro atoms. The average molecular weight is 318 g/mol. The van der Waals surface area contributed by atoms with Crippen LogP contribution in [0.3, 0.4) is 0 Å². The van der Waals surface area contributed by atoms with Crippen LogP contribution in [0.5, 0.6) is 0 Å². The lowest BCUT2D eigenvalue weighted by atomic mass is 9.44. The van der Waals surface area contributed by atoms with Crippen molar-refractivity contribution in [1.82, 2.24) is 0 Å². The van der Waals surface area contributed by atoms with Gasteiger partial charge in [-0.3, -0.25) is 4.79 Å². The molecule has 0 unspecified atom stereocenters. The topological polar surface area (TPSA) is 43.1 Å². The molecule has 0 aromatic rings. The Balaban J connectivity index is 1.61. The predicted octanol–water partition coefficient (Wildman–Crippen LogP) is 4.56. The molecule has 0 heterocycles. The molecule has 8 atom stereocenters. The molecule has 4 fully saturated rings. The summed E-state index contributed by atoms with van der Waals surface area (Å²) in [7, 11) is 0. The molecular weight excluding hydrogens is 282 g/mol. The molecule has 2 heteroatoms. The van der Waals surface area contributed by atoms with Crippen LogP contribution in [0.4, 0.5) is 0 Å². The number of rotatable bonds is 1. The standard InChI is InChI=1S/C21H35NO/c1-13(23)17-6-7-18-16-5-4-14-12-15(22)8-10-20(14,2)19(16)9-11-21(17,18)3/h14-19H,4-12,22H2,1-3H3/t14-,15+,16+,17+,18-,19+,20-,21+/m0/s1. The zero-order chi connectivity index (χ0) is 16.4. The third kappa shape index (κ3) is 2.19. The summed E-state index contributed by atoms with van der Waals surface area (Å²) < 4.78 is 0. The summed E-state index contributed by atoms with van der Waals surface area (Å²) in [6.07, 6.45) is 11.8. The number of hydrogen-bond donors (Lipinski definition) is 1. The van der Waals surface area contributed by atoms with Gasteiger partial charge in [-0.15, -0.1) is 0 Å². The monoisotopic (exact) mass is 317 g/mol. The lowest BCUT2D eigenvalue weighted by Crippen LogP contribution is -2.54. The zero-order valence-electron chi connectivity index (χ0n) is 15.3. The Morgan fingerprint density at radius 3 is 2.35 bits per heavy atom. The molecule has 4 aliphatic rings. The van der Waals surface area contributed by atoms with E-state index in [-0.39, 0.29) is 0 Å². The van der Waals surface area contributed by atoms with Gasteiger partial charge in [-0.25, -0.2) is 0 Å². The van der Waals surface area contributed by atoms with Crippen molar-refractivity contribution >= 4 is 5.78 Å². The van der Waals surface area contributed by atoms with Crippen molar-refractivity contribution in [3.05, 3.63) is 0 Å². The second-order valence-corrected chi connectivity index (χ2v) is 9.98. The summed E-state index contributed by atoms with van der Waals surface area (Å²) in [5.41, 5.74) is 7.13. The van der Waals surface area contributed by atoms with E-state index >= 15 is 0 Å². The fourth-order valence-electron chi connectivity index (χ4n) is 7.96. The highest BCUT2D eigenvalue weighted by atomic mass is 16.1. The van der Waals surface area contributed by atoms with E-state index in [0.717, 1.165) is 30.1 Å². The van der Waals surface area contributed by atoms with E-state index in [2.05, 4.69) is 13.8 Å². The molecule has 0 aliphatic heterocycles. The zero-order valence-corrected chi connectivity index (χ0v) is 15.3. The molecule has 4 aliphatic carbocycles. The summed E-state index contributed by atoms with van der Waals surface area (Å²) >= 11 is 0. The van der Waals surface area contributed by atoms with Crippen LogP contribution in [0.1, 0.15) is 78.6 Å². The first-order valence-electron chi connectivity index (χ1n) is 10.1. The Labute approximate surface area is 142 Å². The van der Waals surface area contributed by atoms with Crippen molar-refractivity contribution in [3.63, 3.8) is 0 Å². The first-order valence-corrected chi connectivity index (χ1v) is 10.1. The highest BCUT2D eigenvalue weighted by molar-refractivity contribution is 5.79. The van der Waals surface area contributed by atoms with E-state index in [4.69, 9.17) is 5.73 Å². The molecule has 0 bridgehead atoms. The fraction of sp³-hybridized carbons (Fsp3) is 0.952. The van der Waals surface area contributed by atoms with Crippen LogP contribution in [0.25, 0.3) is 0 Å². The van der Waals surface area contributed by atoms with Gasteiger partial charge in [0.15, 0.2) is 0 Å². The molecule has 2 nitrogen and oxygen atoms in total. The van der Waals surface area contributed by atoms with Crippen LogP contribution in [-0.4, -0.2) is 11.8 Å². The number of fused-ring (bicyclic) bond motifs is 5. The van der Waals surface area contributed by atoms with Gasteiger partial charge in [0.25, 0.3) is 0 Å². The second-order valence-electron chi connectivity index (χ2n) is 9.98. The van der Waals surface area contributed by atoms with E-state index in [9.17, 15) is 4.79 Å². The SMILES string of the molecule is CC(=O)[C@H]1CC[C@H]2[C@H]3CC[C@H]4C[C@H](N)CC[C@]4(C)[C@@H]3CC[C@]12C. The van der Waals surface area contributed by atoms with Crippen LogP contribution in [0.15, 0.2) is 0 Å². The van der Waals surface area contributed by atoms with Gasteiger partial charge in [-0.2, -0.15) is 0 Å². The number of Topliss-reactive ketones (excluding diaryl/α,β-unsaturated/α-hetero) is 1. The molecular formula is C21H35NO. The van der Waals surface area contributed by atoms with Crippen molar-refractivity contribution in [1.29, 1.82) is 0 Å². The van der Waals surface area contributed by atoms with Crippen molar-refractivity contribution in [2.75, 3.05) is 0 Å². The van der Waals surface area contributed by atoms with Gasteiger partial charge >= 0.3 is 0 Å². The maximum Gasteiger partial charge on any atom is 0.133 e. The number of hydrogen-bond acceptors (Lipinski definition) is 2. The van der Waals surface area contributed by atoms with E-state index in [1.54, 1.807) is 0 Å². The summed E-state index contributed by atoms with van der Waals surface area (Å²) in [5, 5.41) is 0. The first-order chi connectivity index (χ1) is 10.9. The molecule has 0 amide bonds. The van der Waals surface area contributed by atoms with Crippen LogP contribution in [0.2, 0.25) is 0 Å². The minimum absolute atomic E-state index is 0.307. The lowest BCUT2D eigenvalue weighted by Gasteiger charge is -2.61. The van der Waals surface area contributed by atoms with E-state index in [1.165, 1.54) is 51.4 Å². The maximum atomic E-state index is 12.2. The van der Waals surface area contributed by atoms with Gasteiger partial charge < -0.3 is 5.73 Å². The summed E-state index contributed by atoms with van der Waals surface area (Å²) in [6.45, 7) is 6.89. The molecule has 0 saturated heterocycles. The number of ketones is 1. The van der Waals surface area contributed by atoms with E-state index in [1.807, 2.05) is 6.92 Å². The van der Waals surface area contributed by atoms with Crippen LogP contribution in [0, 0.1) is 40.4 Å². The maximum absolute atomic E-state index is 12.2. The van der Waals surface area contributed by atoms with E-state index < -0.39 is 0 Å². The van der Waals surface area contributed by atoms with Crippen molar-refractivity contribution < 1.29 is 4.79 Å². The first kappa shape index (κ1) is 16.1. The van der Waals surface area contributed by atoms with Gasteiger partial charge in [0.1, 0.15) is 5.78 Å². The number of nitrogens with two attached hydrogens (primary N) is 1. The van der Waals surface area contributed by atoms with Gasteiger partial charge in [0.05, 0.1) is 0 Å². The molecule has 0 radical (unpaired) electrons. The number of carbonyl (C=O) groups excluding carboxylic acids is 1. The third-order valence-electron chi connectivity index (χ3n) is 9.20. The Hall–Kier alpha value is -0.370. The highest BCUT2D eigenvalue weighted by Crippen LogP contribution is 2.67. The quantitative estimate of drug-likeness (QED) is 0.770. The van der Waals surface area contributed by atoms with Crippen molar-refractivity contribution in [2.24, 2.45) is 46.2 Å². The Morgan fingerprint density at radius 2 is 1.61 bits per heavy atom. The molecule has 0 aromatic carbocycles. The van der Waals surface area contributed by atoms with Crippen molar-refractivity contribution in [2.45, 2.75) is 84.6 Å². The van der Waals surface area contributed by atoms with E-state index in [0.29, 0.717) is 28.6 Å². The molecule has 2 N–H and O–H groups in total. The normalized spacial score (nSPS) is 55.7. The second kappa shape index (κ2) is 5.31. The van der Waals surface area contributed by atoms with Gasteiger partial charge in [-0.05, 0) is 99.2 Å². The minimum atomic E-state index is 0.307. The third-order valence-corrected chi connectivity index (χ3v) is 9.20. The summed E-state index contributed by atoms with van der Waals surface area (Å²) in [6, 6.07) is 0.451. The summed E-state index contributed by atoms with van der Waals surface area (Å²) in [4.78, 5) is 12.2. The Kier molecular flexibility index (Phi) is 3.72.